The Labute approximate surface area is 145 Å². The fourth-order valence-electron chi connectivity index (χ4n) is 2.82. The quantitative estimate of drug-likeness (QED) is 0.803. The molecule has 21 heavy (non-hydrogen) atoms. The summed E-state index contributed by atoms with van der Waals surface area (Å²) in [7, 11) is 0. The van der Waals surface area contributed by atoms with Crippen LogP contribution in [-0.4, -0.2) is 18.5 Å². The van der Waals surface area contributed by atoms with E-state index in [4.69, 9.17) is 17.3 Å². The van der Waals surface area contributed by atoms with Crippen molar-refractivity contribution >= 4 is 45.8 Å². The Morgan fingerprint density at radius 3 is 2.67 bits per heavy atom. The standard InChI is InChI=1S/C15H20BrClN2O.ClH/c16-11-6-7-13(17)12(8-11)15(20)19-14(9-18)10-4-2-1-3-5-10;/h6-8,10,14H,1-5,9,18H2,(H,19,20);1H. The maximum atomic E-state index is 12.4. The Morgan fingerprint density at radius 1 is 1.38 bits per heavy atom. The lowest BCUT2D eigenvalue weighted by Gasteiger charge is -2.30. The number of hydrogen-bond donors (Lipinski definition) is 2. The molecule has 0 aliphatic heterocycles. The van der Waals surface area contributed by atoms with E-state index < -0.39 is 0 Å². The van der Waals surface area contributed by atoms with Crippen LogP contribution in [0.3, 0.4) is 0 Å². The van der Waals surface area contributed by atoms with Gasteiger partial charge in [0.05, 0.1) is 10.6 Å². The number of nitrogens with two attached hydrogens (primary N) is 1. The zero-order valence-corrected chi connectivity index (χ0v) is 14.9. The number of carbonyl (C=O) groups is 1. The molecule has 1 amide bonds. The Hall–Kier alpha value is -0.290. The van der Waals surface area contributed by atoms with E-state index in [2.05, 4.69) is 21.2 Å². The second-order valence-corrected chi connectivity index (χ2v) is 6.66. The van der Waals surface area contributed by atoms with Crippen molar-refractivity contribution < 1.29 is 4.79 Å². The minimum Gasteiger partial charge on any atom is -0.348 e. The highest BCUT2D eigenvalue weighted by atomic mass is 79.9. The minimum absolute atomic E-state index is 0. The van der Waals surface area contributed by atoms with Crippen LogP contribution in [0.4, 0.5) is 0 Å². The zero-order valence-electron chi connectivity index (χ0n) is 11.8. The van der Waals surface area contributed by atoms with Crippen LogP contribution >= 0.6 is 39.9 Å². The normalized spacial score (nSPS) is 16.9. The van der Waals surface area contributed by atoms with Crippen LogP contribution in [0.25, 0.3) is 0 Å². The summed E-state index contributed by atoms with van der Waals surface area (Å²) in [6.07, 6.45) is 6.05. The van der Waals surface area contributed by atoms with Crippen molar-refractivity contribution in [2.75, 3.05) is 6.54 Å². The van der Waals surface area contributed by atoms with Crippen LogP contribution < -0.4 is 11.1 Å². The highest BCUT2D eigenvalue weighted by Gasteiger charge is 2.25. The lowest BCUT2D eigenvalue weighted by atomic mass is 9.84. The zero-order chi connectivity index (χ0) is 14.5. The van der Waals surface area contributed by atoms with Gasteiger partial charge >= 0.3 is 0 Å². The highest BCUT2D eigenvalue weighted by Crippen LogP contribution is 2.27. The van der Waals surface area contributed by atoms with Crippen LogP contribution in [0.5, 0.6) is 0 Å². The Balaban J connectivity index is 0.00000220. The third-order valence-corrected chi connectivity index (χ3v) is 4.79. The van der Waals surface area contributed by atoms with Crippen LogP contribution in [0.1, 0.15) is 42.5 Å². The van der Waals surface area contributed by atoms with Gasteiger partial charge < -0.3 is 11.1 Å². The van der Waals surface area contributed by atoms with E-state index in [1.165, 1.54) is 19.3 Å². The maximum Gasteiger partial charge on any atom is 0.253 e. The summed E-state index contributed by atoms with van der Waals surface area (Å²) >= 11 is 9.45. The Kier molecular flexibility index (Phi) is 8.03. The topological polar surface area (TPSA) is 55.1 Å². The molecule has 1 aromatic carbocycles. The molecule has 0 heterocycles. The SMILES string of the molecule is Cl.NCC(NC(=O)c1cc(Br)ccc1Cl)C1CCCCC1. The van der Waals surface area contributed by atoms with Gasteiger partial charge in [-0.15, -0.1) is 12.4 Å². The molecule has 1 unspecified atom stereocenters. The number of benzene rings is 1. The summed E-state index contributed by atoms with van der Waals surface area (Å²) in [6, 6.07) is 5.32. The molecule has 1 saturated carbocycles. The van der Waals surface area contributed by atoms with Gasteiger partial charge in [-0.25, -0.2) is 0 Å². The van der Waals surface area contributed by atoms with Crippen molar-refractivity contribution in [3.05, 3.63) is 33.3 Å². The number of amides is 1. The summed E-state index contributed by atoms with van der Waals surface area (Å²) < 4.78 is 0.842. The molecule has 1 aliphatic rings. The Morgan fingerprint density at radius 2 is 2.05 bits per heavy atom. The molecule has 0 radical (unpaired) electrons. The van der Waals surface area contributed by atoms with Crippen LogP contribution in [0, 0.1) is 5.92 Å². The van der Waals surface area contributed by atoms with Gasteiger partial charge in [-0.3, -0.25) is 4.79 Å². The van der Waals surface area contributed by atoms with Crippen LogP contribution in [0.2, 0.25) is 5.02 Å². The fraction of sp³-hybridized carbons (Fsp3) is 0.533. The first-order valence-corrected chi connectivity index (χ1v) is 8.25. The largest absolute Gasteiger partial charge is 0.348 e. The van der Waals surface area contributed by atoms with E-state index in [1.54, 1.807) is 12.1 Å². The molecule has 118 valence electrons. The molecule has 0 spiro atoms. The van der Waals surface area contributed by atoms with Gasteiger partial charge in [0.2, 0.25) is 0 Å². The fourth-order valence-corrected chi connectivity index (χ4v) is 3.39. The number of rotatable bonds is 4. The third-order valence-electron chi connectivity index (χ3n) is 3.96. The summed E-state index contributed by atoms with van der Waals surface area (Å²) in [5.41, 5.74) is 6.34. The molecule has 3 N–H and O–H groups in total. The predicted molar refractivity (Wildman–Crippen MR) is 93.3 cm³/mol. The first-order valence-electron chi connectivity index (χ1n) is 7.08. The smallest absolute Gasteiger partial charge is 0.253 e. The molecule has 1 aliphatic carbocycles. The lowest BCUT2D eigenvalue weighted by molar-refractivity contribution is 0.0915. The van der Waals surface area contributed by atoms with Crippen LogP contribution in [-0.2, 0) is 0 Å². The third kappa shape index (κ3) is 5.13. The van der Waals surface area contributed by atoms with Crippen molar-refractivity contribution in [2.24, 2.45) is 11.7 Å². The van der Waals surface area contributed by atoms with Gasteiger partial charge in [-0.05, 0) is 37.0 Å². The average molecular weight is 396 g/mol. The maximum absolute atomic E-state index is 12.4. The Bertz CT molecular complexity index is 479. The molecular formula is C15H21BrCl2N2O. The van der Waals surface area contributed by atoms with Crippen molar-refractivity contribution in [2.45, 2.75) is 38.1 Å². The summed E-state index contributed by atoms with van der Waals surface area (Å²) in [4.78, 5) is 12.4. The number of halogens is 3. The second-order valence-electron chi connectivity index (χ2n) is 5.34. The molecule has 2 rings (SSSR count). The number of hydrogen-bond acceptors (Lipinski definition) is 2. The number of carbonyl (C=O) groups excluding carboxylic acids is 1. The molecule has 0 aromatic heterocycles. The molecule has 3 nitrogen and oxygen atoms in total. The lowest BCUT2D eigenvalue weighted by Crippen LogP contribution is -2.46. The molecule has 0 bridgehead atoms. The van der Waals surface area contributed by atoms with Gasteiger partial charge in [0, 0.05) is 17.1 Å². The molecular weight excluding hydrogens is 375 g/mol. The first kappa shape index (κ1) is 18.8. The van der Waals surface area contributed by atoms with E-state index in [1.807, 2.05) is 6.07 Å². The van der Waals surface area contributed by atoms with E-state index in [0.29, 0.717) is 23.0 Å². The van der Waals surface area contributed by atoms with Gasteiger partial charge in [-0.1, -0.05) is 46.8 Å². The van der Waals surface area contributed by atoms with E-state index >= 15 is 0 Å². The summed E-state index contributed by atoms with van der Waals surface area (Å²) in [6.45, 7) is 0.474. The van der Waals surface area contributed by atoms with Crippen molar-refractivity contribution in [3.63, 3.8) is 0 Å². The van der Waals surface area contributed by atoms with Gasteiger partial charge in [0.1, 0.15) is 0 Å². The second kappa shape index (κ2) is 8.99. The van der Waals surface area contributed by atoms with Crippen molar-refractivity contribution in [1.82, 2.24) is 5.32 Å². The van der Waals surface area contributed by atoms with E-state index in [-0.39, 0.29) is 24.4 Å². The summed E-state index contributed by atoms with van der Waals surface area (Å²) in [5, 5.41) is 3.51. The molecule has 0 saturated heterocycles. The minimum atomic E-state index is -0.141. The highest BCUT2D eigenvalue weighted by molar-refractivity contribution is 9.10. The number of nitrogens with one attached hydrogen (secondary N) is 1. The van der Waals surface area contributed by atoms with Crippen molar-refractivity contribution in [1.29, 1.82) is 0 Å². The molecule has 1 fully saturated rings. The van der Waals surface area contributed by atoms with E-state index in [9.17, 15) is 4.79 Å². The predicted octanol–water partition coefficient (Wildman–Crippen LogP) is 4.16. The summed E-state index contributed by atoms with van der Waals surface area (Å²) in [5.74, 6) is 0.348. The van der Waals surface area contributed by atoms with Gasteiger partial charge in [-0.2, -0.15) is 0 Å². The van der Waals surface area contributed by atoms with Crippen molar-refractivity contribution in [3.8, 4) is 0 Å². The van der Waals surface area contributed by atoms with Crippen LogP contribution in [0.15, 0.2) is 22.7 Å². The van der Waals surface area contributed by atoms with Gasteiger partial charge in [0.15, 0.2) is 0 Å². The van der Waals surface area contributed by atoms with E-state index in [0.717, 1.165) is 17.3 Å². The molecule has 6 heteroatoms. The first-order chi connectivity index (χ1) is 9.61. The molecule has 1 atom stereocenters. The molecule has 1 aromatic rings. The average Bonchev–Trinajstić information content (AvgIpc) is 2.48. The van der Waals surface area contributed by atoms with Gasteiger partial charge in [0.25, 0.3) is 5.91 Å². The monoisotopic (exact) mass is 394 g/mol.